The van der Waals surface area contributed by atoms with Gasteiger partial charge in [0.15, 0.2) is 11.5 Å². The molecule has 158 valence electrons. The lowest BCUT2D eigenvalue weighted by Gasteiger charge is -2.21. The smallest absolute Gasteiger partial charge is 0.266 e. The van der Waals surface area contributed by atoms with Gasteiger partial charge in [0, 0.05) is 5.71 Å². The van der Waals surface area contributed by atoms with Crippen molar-refractivity contribution in [3.63, 3.8) is 0 Å². The lowest BCUT2D eigenvalue weighted by Crippen LogP contribution is -2.37. The van der Waals surface area contributed by atoms with Gasteiger partial charge in [-0.25, -0.2) is 4.99 Å². The number of nitrogens with one attached hydrogen (secondary N) is 1. The zero-order valence-electron chi connectivity index (χ0n) is 17.6. The van der Waals surface area contributed by atoms with Gasteiger partial charge in [0.2, 0.25) is 0 Å². The van der Waals surface area contributed by atoms with Crippen molar-refractivity contribution < 1.29 is 14.3 Å². The van der Waals surface area contributed by atoms with E-state index in [-0.39, 0.29) is 11.8 Å². The summed E-state index contributed by atoms with van der Waals surface area (Å²) in [5.41, 5.74) is 3.32. The van der Waals surface area contributed by atoms with E-state index in [1.165, 1.54) is 11.3 Å². The summed E-state index contributed by atoms with van der Waals surface area (Å²) in [5, 5.41) is 4.93. The molecule has 1 N–H and O–H groups in total. The molecule has 1 aromatic heterocycles. The summed E-state index contributed by atoms with van der Waals surface area (Å²) in [4.78, 5) is 23.3. The molecule has 0 radical (unpaired) electrons. The molecule has 1 atom stereocenters. The van der Waals surface area contributed by atoms with Crippen molar-refractivity contribution in [2.75, 3.05) is 14.2 Å². The molecule has 0 saturated carbocycles. The fourth-order valence-electron chi connectivity index (χ4n) is 3.58. The quantitative estimate of drug-likeness (QED) is 0.577. The second kappa shape index (κ2) is 9.14. The van der Waals surface area contributed by atoms with E-state index in [1.807, 2.05) is 53.9 Å². The van der Waals surface area contributed by atoms with Crippen molar-refractivity contribution >= 4 is 40.2 Å². The second-order valence-electron chi connectivity index (χ2n) is 6.92. The van der Waals surface area contributed by atoms with Crippen LogP contribution >= 0.6 is 11.3 Å². The number of nitrogens with zero attached hydrogens (tertiary/aromatic N) is 2. The lowest BCUT2D eigenvalue weighted by atomic mass is 9.90. The number of para-hydroxylation sites is 2. The van der Waals surface area contributed by atoms with E-state index in [0.717, 1.165) is 22.6 Å². The van der Waals surface area contributed by atoms with Crippen LogP contribution in [0.15, 0.2) is 70.0 Å². The summed E-state index contributed by atoms with van der Waals surface area (Å²) in [7, 11) is 3.21. The third-order valence-corrected chi connectivity index (χ3v) is 5.95. The van der Waals surface area contributed by atoms with E-state index in [2.05, 4.69) is 12.2 Å². The number of carbonyl (C=O) groups excluding carboxylic acids is 1. The largest absolute Gasteiger partial charge is 0.493 e. The first-order chi connectivity index (χ1) is 15.1. The number of fused-ring (bicyclic) bond motifs is 1. The van der Waals surface area contributed by atoms with Gasteiger partial charge in [-0.2, -0.15) is 0 Å². The molecular weight excluding hydrogens is 410 g/mol. The van der Waals surface area contributed by atoms with Gasteiger partial charge in [-0.15, -0.1) is 11.3 Å². The highest BCUT2D eigenvalue weighted by Gasteiger charge is 2.29. The molecule has 0 saturated heterocycles. The molecule has 6 nitrogen and oxygen atoms in total. The predicted molar refractivity (Wildman–Crippen MR) is 125 cm³/mol. The van der Waals surface area contributed by atoms with Gasteiger partial charge in [0.25, 0.3) is 5.91 Å². The highest BCUT2D eigenvalue weighted by Crippen LogP contribution is 2.37. The van der Waals surface area contributed by atoms with Crippen LogP contribution in [0.1, 0.15) is 34.5 Å². The molecule has 1 amide bonds. The molecule has 4 rings (SSSR count). The lowest BCUT2D eigenvalue weighted by molar-refractivity contribution is 0.0980. The van der Waals surface area contributed by atoms with Crippen LogP contribution in [0, 0.1) is 0 Å². The van der Waals surface area contributed by atoms with E-state index >= 15 is 0 Å². The van der Waals surface area contributed by atoms with Crippen LogP contribution in [0.2, 0.25) is 0 Å². The van der Waals surface area contributed by atoms with Crippen LogP contribution < -0.4 is 14.8 Å². The Labute approximate surface area is 185 Å². The SMILES string of the molecule is CCC1=Nc2ccccc2N=C(NC(=O)c2cccs2)[C@H]1c1ccc(OC)c(OC)c1. The molecule has 2 aromatic carbocycles. The molecule has 31 heavy (non-hydrogen) atoms. The zero-order chi connectivity index (χ0) is 21.8. The zero-order valence-corrected chi connectivity index (χ0v) is 18.4. The first kappa shape index (κ1) is 20.8. The van der Waals surface area contributed by atoms with Crippen molar-refractivity contribution in [1.29, 1.82) is 0 Å². The Morgan fingerprint density at radius 2 is 1.74 bits per heavy atom. The van der Waals surface area contributed by atoms with Gasteiger partial charge in [0.1, 0.15) is 5.84 Å². The number of methoxy groups -OCH3 is 2. The maximum Gasteiger partial charge on any atom is 0.266 e. The van der Waals surface area contributed by atoms with Gasteiger partial charge in [-0.3, -0.25) is 9.79 Å². The van der Waals surface area contributed by atoms with Gasteiger partial charge >= 0.3 is 0 Å². The molecule has 1 aliphatic heterocycles. The van der Waals surface area contributed by atoms with E-state index in [9.17, 15) is 4.79 Å². The minimum atomic E-state index is -0.332. The monoisotopic (exact) mass is 433 g/mol. The maximum atomic E-state index is 12.9. The number of hydrogen-bond acceptors (Lipinski definition) is 6. The highest BCUT2D eigenvalue weighted by atomic mass is 32.1. The average molecular weight is 434 g/mol. The summed E-state index contributed by atoms with van der Waals surface area (Å²) in [6.07, 6.45) is 0.696. The van der Waals surface area contributed by atoms with Crippen LogP contribution in [-0.4, -0.2) is 31.7 Å². The summed E-state index contributed by atoms with van der Waals surface area (Å²) in [5.74, 6) is 1.27. The Balaban J connectivity index is 1.85. The Hall–Kier alpha value is -3.45. The van der Waals surface area contributed by atoms with Gasteiger partial charge in [-0.1, -0.05) is 31.2 Å². The number of benzene rings is 2. The van der Waals surface area contributed by atoms with E-state index in [1.54, 1.807) is 20.3 Å². The number of hydrogen-bond donors (Lipinski definition) is 1. The summed E-state index contributed by atoms with van der Waals surface area (Å²) < 4.78 is 10.9. The minimum Gasteiger partial charge on any atom is -0.493 e. The van der Waals surface area contributed by atoms with Crippen LogP contribution in [0.4, 0.5) is 11.4 Å². The number of amides is 1. The van der Waals surface area contributed by atoms with Crippen molar-refractivity contribution in [3.8, 4) is 11.5 Å². The molecule has 0 bridgehead atoms. The molecule has 3 aromatic rings. The van der Waals surface area contributed by atoms with E-state index < -0.39 is 0 Å². The van der Waals surface area contributed by atoms with Crippen molar-refractivity contribution in [1.82, 2.24) is 5.32 Å². The maximum absolute atomic E-state index is 12.9. The molecule has 0 aliphatic carbocycles. The number of rotatable bonds is 5. The predicted octanol–water partition coefficient (Wildman–Crippen LogP) is 5.51. The molecule has 1 aliphatic rings. The molecule has 0 spiro atoms. The van der Waals surface area contributed by atoms with Crippen molar-refractivity contribution in [2.45, 2.75) is 19.3 Å². The van der Waals surface area contributed by atoms with Gasteiger partial charge in [-0.05, 0) is 47.7 Å². The normalized spacial score (nSPS) is 15.3. The highest BCUT2D eigenvalue weighted by molar-refractivity contribution is 7.12. The number of aliphatic imine (C=N–C) groups is 2. The molecule has 2 heterocycles. The van der Waals surface area contributed by atoms with Gasteiger partial charge in [0.05, 0.1) is 36.4 Å². The first-order valence-electron chi connectivity index (χ1n) is 9.96. The number of thiophene rings is 1. The van der Waals surface area contributed by atoms with Gasteiger partial charge < -0.3 is 14.8 Å². The number of carbonyl (C=O) groups is 1. The summed E-state index contributed by atoms with van der Waals surface area (Å²) in [6.45, 7) is 2.05. The Bertz CT molecular complexity index is 1150. The van der Waals surface area contributed by atoms with Crippen LogP contribution in [-0.2, 0) is 0 Å². The Morgan fingerprint density at radius 1 is 1.00 bits per heavy atom. The Morgan fingerprint density at radius 3 is 2.39 bits per heavy atom. The minimum absolute atomic E-state index is 0.186. The van der Waals surface area contributed by atoms with Crippen molar-refractivity contribution in [2.24, 2.45) is 9.98 Å². The fraction of sp³-hybridized carbons (Fsp3) is 0.208. The molecule has 0 unspecified atom stereocenters. The fourth-order valence-corrected chi connectivity index (χ4v) is 4.20. The summed E-state index contributed by atoms with van der Waals surface area (Å²) in [6, 6.07) is 17.1. The van der Waals surface area contributed by atoms with Crippen LogP contribution in [0.25, 0.3) is 0 Å². The average Bonchev–Trinajstić information content (AvgIpc) is 3.29. The second-order valence-corrected chi connectivity index (χ2v) is 7.87. The number of amidine groups is 1. The standard InChI is InChI=1S/C24H23N3O3S/c1-4-16-22(15-11-12-19(29-2)20(14-15)30-3)23(27-24(28)21-10-7-13-31-21)26-18-9-6-5-8-17(18)25-16/h5-14,22H,4H2,1-3H3,(H,26,27,28)/t22-/m0/s1. The summed E-state index contributed by atoms with van der Waals surface area (Å²) >= 11 is 1.39. The van der Waals surface area contributed by atoms with E-state index in [0.29, 0.717) is 28.6 Å². The topological polar surface area (TPSA) is 72.3 Å². The molecule has 0 fully saturated rings. The molecule has 7 heteroatoms. The van der Waals surface area contributed by atoms with Crippen LogP contribution in [0.5, 0.6) is 11.5 Å². The third kappa shape index (κ3) is 4.22. The van der Waals surface area contributed by atoms with Crippen molar-refractivity contribution in [3.05, 3.63) is 70.4 Å². The first-order valence-corrected chi connectivity index (χ1v) is 10.8. The van der Waals surface area contributed by atoms with Crippen LogP contribution in [0.3, 0.4) is 0 Å². The number of ether oxygens (including phenoxy) is 2. The Kier molecular flexibility index (Phi) is 6.13. The molecular formula is C24H23N3O3S. The van der Waals surface area contributed by atoms with E-state index in [4.69, 9.17) is 19.5 Å². The third-order valence-electron chi connectivity index (χ3n) is 5.08.